The predicted octanol–water partition coefficient (Wildman–Crippen LogP) is 5.87. The highest BCUT2D eigenvalue weighted by Gasteiger charge is 2.34. The molecule has 16 heterocycles. The number of hydrogen-bond acceptors (Lipinski definition) is 12. The fourth-order valence-corrected chi connectivity index (χ4v) is 12.4. The molecule has 0 fully saturated rings. The van der Waals surface area contributed by atoms with E-state index in [-0.39, 0.29) is 27.4 Å². The zero-order valence-corrected chi connectivity index (χ0v) is 54.5. The summed E-state index contributed by atoms with van der Waals surface area (Å²) in [5, 5.41) is 8.59. The quantitative estimate of drug-likeness (QED) is 0.154. The van der Waals surface area contributed by atoms with Gasteiger partial charge in [0.05, 0.1) is 53.0 Å². The van der Waals surface area contributed by atoms with Gasteiger partial charge in [-0.05, 0) is 172 Å². The molecule has 0 aliphatic carbocycles. The lowest BCUT2D eigenvalue weighted by molar-refractivity contribution is -0.658. The summed E-state index contributed by atoms with van der Waals surface area (Å²) in [5.41, 5.74) is 12.4. The molecule has 0 spiro atoms. The summed E-state index contributed by atoms with van der Waals surface area (Å²) in [7, 11) is 7.83. The van der Waals surface area contributed by atoms with E-state index in [9.17, 15) is 0 Å². The van der Waals surface area contributed by atoms with Crippen LogP contribution in [0, 0.1) is 55.2 Å². The Hall–Kier alpha value is -10.2. The van der Waals surface area contributed by atoms with Gasteiger partial charge in [0.1, 0.15) is 24.8 Å². The molecule has 12 aromatic rings. The average molecular weight is 1220 g/mol. The first kappa shape index (κ1) is 53.6. The Labute approximate surface area is 544 Å². The van der Waals surface area contributed by atoms with Gasteiger partial charge < -0.3 is 17.7 Å². The minimum atomic E-state index is -2.13. The van der Waals surface area contributed by atoms with E-state index in [1.165, 1.54) is 5.56 Å². The van der Waals surface area contributed by atoms with E-state index >= 15 is 0 Å². The maximum absolute atomic E-state index is 7.71. The molecule has 20 heteroatoms. The van der Waals surface area contributed by atoms with Crippen LogP contribution in [0.15, 0.2) is 140 Å². The Morgan fingerprint density at radius 3 is 1.14 bits per heavy atom. The molecule has 456 valence electrons. The van der Waals surface area contributed by atoms with Crippen LogP contribution in [-0.4, -0.2) is 47.3 Å². The van der Waals surface area contributed by atoms with Crippen LogP contribution in [0.25, 0.3) is 93.1 Å². The van der Waals surface area contributed by atoms with Crippen LogP contribution in [-0.2, 0) is 28.2 Å². The number of nitrogens with zero attached hydrogens (tertiary/aromatic N) is 12. The number of rotatable bonds is 4. The van der Waals surface area contributed by atoms with Crippen molar-refractivity contribution in [2.45, 2.75) is 82.5 Å². The molecule has 0 unspecified atom stereocenters. The summed E-state index contributed by atoms with van der Waals surface area (Å²) in [6.07, 6.45) is 15.6. The SMILES string of the molecule is CB1C=c2c(oc3nc(C)ccc23)=CN1c1cc(C)cc[n+]1C.CB1C=c2c(oc3nc(C)ccc23)=CN1c1cccc[n+]1C.[2H]C([2H])([2H])c1c[n+](C)c(N2C=c3oc4nc(C)ccc4c3=CB2C)cc1C.[2H]C([2H])([2H])c1ccc(N2C=c3oc4nc(C)ccc4c3=CB2C)[n+](C)c1. The van der Waals surface area contributed by atoms with Crippen molar-refractivity contribution in [1.29, 1.82) is 0 Å². The summed E-state index contributed by atoms with van der Waals surface area (Å²) in [4.78, 5) is 26.6. The van der Waals surface area contributed by atoms with Crippen molar-refractivity contribution < 1.29 is 44.2 Å². The van der Waals surface area contributed by atoms with E-state index in [1.807, 2.05) is 125 Å². The summed E-state index contributed by atoms with van der Waals surface area (Å²) >= 11 is 0. The van der Waals surface area contributed by atoms with Crippen molar-refractivity contribution >= 4 is 144 Å². The molecule has 4 aliphatic rings. The average Bonchev–Trinajstić information content (AvgIpc) is 1.57. The molecule has 0 saturated carbocycles. The van der Waals surface area contributed by atoms with Gasteiger partial charge in [0.2, 0.25) is 22.9 Å². The zero-order chi connectivity index (χ0) is 69.5. The van der Waals surface area contributed by atoms with Crippen LogP contribution in [0.4, 0.5) is 23.3 Å². The summed E-state index contributed by atoms with van der Waals surface area (Å²) in [5.74, 6) is 12.9. The third-order valence-electron chi connectivity index (χ3n) is 17.4. The number of aryl methyl sites for hydroxylation is 12. The Kier molecular flexibility index (Phi) is 14.1. The van der Waals surface area contributed by atoms with Crippen LogP contribution in [0.3, 0.4) is 0 Å². The van der Waals surface area contributed by atoms with E-state index in [4.69, 9.17) is 25.9 Å². The number of aromatic nitrogens is 8. The van der Waals surface area contributed by atoms with E-state index < -0.39 is 13.7 Å². The minimum Gasteiger partial charge on any atom is -0.434 e. The van der Waals surface area contributed by atoms with Gasteiger partial charge in [-0.2, -0.15) is 0 Å². The van der Waals surface area contributed by atoms with E-state index in [1.54, 1.807) is 18.5 Å². The Balaban J connectivity index is 0.000000118. The molecule has 4 aliphatic heterocycles. The smallest absolute Gasteiger partial charge is 0.402 e. The Morgan fingerprint density at radius 1 is 0.370 bits per heavy atom. The number of anilines is 4. The van der Waals surface area contributed by atoms with Gasteiger partial charge in [-0.15, -0.1) is 0 Å². The first-order valence-corrected chi connectivity index (χ1v) is 31.0. The second-order valence-corrected chi connectivity index (χ2v) is 24.6. The fraction of sp³-hybridized carbons (Fsp3) is 0.222. The third-order valence-corrected chi connectivity index (χ3v) is 17.4. The number of furan rings is 4. The van der Waals surface area contributed by atoms with Crippen LogP contribution < -0.4 is 80.0 Å². The van der Waals surface area contributed by atoms with Gasteiger partial charge in [-0.1, -0.05) is 30.0 Å². The predicted molar refractivity (Wildman–Crippen MR) is 374 cm³/mol. The first-order chi connectivity index (χ1) is 46.5. The highest BCUT2D eigenvalue weighted by atomic mass is 16.3. The summed E-state index contributed by atoms with van der Waals surface area (Å²) in [6, 6.07) is 32.2. The lowest BCUT2D eigenvalue weighted by Crippen LogP contribution is -2.47. The molecular formula is C72H76B4N12O4+4. The van der Waals surface area contributed by atoms with Crippen molar-refractivity contribution in [2.75, 3.05) is 19.2 Å². The van der Waals surface area contributed by atoms with Crippen LogP contribution >= 0.6 is 0 Å². The first-order valence-electron chi connectivity index (χ1n) is 34.0. The largest absolute Gasteiger partial charge is 0.434 e. The van der Waals surface area contributed by atoms with Gasteiger partial charge in [0, 0.05) is 97.7 Å². The standard InChI is InChI=1S/C19H21BN3O.2C18H19BN3O.C17H17BN3O/c1-12-8-18(22(5)10-13(12)2)23-11-17-16(9-20(23)4)15-7-6-14(3)21-19(15)24-17;1-12-5-8-17(21(4)10-12)22-11-16-15(9-19(22)3)14-7-6-13(2)20-18(14)23-16;1-12-7-8-21(4)17(9-12)22-11-16-15(10-19(22)3)14-6-5-13(2)20-18(14)23-16;1-12-7-8-13-14-10-18(2)21(11-15(14)22-17(13)19-12)16-6-4-5-9-20(16)3/h6-11H,1-5H3;2*5-11H,1-4H3;4-11H,1-3H3/q4*+1/i2D3;1D3;;. The van der Waals surface area contributed by atoms with Crippen molar-refractivity contribution in [3.8, 4) is 0 Å². The molecule has 12 aromatic heterocycles. The topological polar surface area (TPSA) is 133 Å². The number of pyridine rings is 8. The number of hydrogen-bond donors (Lipinski definition) is 0. The van der Waals surface area contributed by atoms with Gasteiger partial charge in [0.15, 0.2) is 21.7 Å². The molecule has 16 rings (SSSR count). The van der Waals surface area contributed by atoms with Crippen molar-refractivity contribution in [1.82, 2.24) is 19.9 Å². The maximum atomic E-state index is 7.71. The molecule has 0 bridgehead atoms. The molecule has 0 radical (unpaired) electrons. The molecule has 92 heavy (non-hydrogen) atoms. The fourth-order valence-electron chi connectivity index (χ4n) is 12.4. The normalized spacial score (nSPS) is 15.0. The molecule has 16 nitrogen and oxygen atoms in total. The molecule has 0 atom stereocenters. The number of fused-ring (bicyclic) bond motifs is 12. The molecule has 0 N–H and O–H groups in total. The molecule has 0 amide bonds. The summed E-state index contributed by atoms with van der Waals surface area (Å²) in [6.45, 7) is 16.8. The van der Waals surface area contributed by atoms with E-state index in [0.29, 0.717) is 34.0 Å². The van der Waals surface area contributed by atoms with Gasteiger partial charge in [-0.3, -0.25) is 19.2 Å². The highest BCUT2D eigenvalue weighted by molar-refractivity contribution is 6.78. The van der Waals surface area contributed by atoms with E-state index in [0.717, 1.165) is 116 Å². The van der Waals surface area contributed by atoms with Crippen LogP contribution in [0.2, 0.25) is 27.3 Å². The monoisotopic (exact) mass is 1220 g/mol. The Bertz CT molecular complexity index is 5760. The third kappa shape index (κ3) is 11.6. The van der Waals surface area contributed by atoms with Crippen molar-refractivity contribution in [3.05, 3.63) is 209 Å². The minimum absolute atomic E-state index is 0.0869. The Morgan fingerprint density at radius 2 is 0.750 bits per heavy atom. The lowest BCUT2D eigenvalue weighted by Gasteiger charge is -2.19. The molecular weight excluding hydrogens is 1140 g/mol. The van der Waals surface area contributed by atoms with Gasteiger partial charge in [0.25, 0.3) is 23.3 Å². The van der Waals surface area contributed by atoms with Crippen LogP contribution in [0.5, 0.6) is 0 Å². The van der Waals surface area contributed by atoms with Crippen molar-refractivity contribution in [2.24, 2.45) is 28.2 Å². The molecule has 0 saturated heterocycles. The van der Waals surface area contributed by atoms with Crippen LogP contribution in [0.1, 0.15) is 53.3 Å². The van der Waals surface area contributed by atoms with E-state index in [2.05, 4.69) is 182 Å². The van der Waals surface area contributed by atoms with Gasteiger partial charge in [-0.25, -0.2) is 38.2 Å². The van der Waals surface area contributed by atoms with Crippen molar-refractivity contribution in [3.63, 3.8) is 0 Å². The summed E-state index contributed by atoms with van der Waals surface area (Å²) < 4.78 is 77.7. The second-order valence-electron chi connectivity index (χ2n) is 24.6. The molecule has 0 aromatic carbocycles. The second kappa shape index (κ2) is 24.2. The maximum Gasteiger partial charge on any atom is 0.402 e. The van der Waals surface area contributed by atoms with Gasteiger partial charge >= 0.3 is 27.4 Å². The lowest BCUT2D eigenvalue weighted by atomic mass is 9.61. The zero-order valence-electron chi connectivity index (χ0n) is 60.5. The highest BCUT2D eigenvalue weighted by Crippen LogP contribution is 2.22.